The zero-order valence-corrected chi connectivity index (χ0v) is 12.3. The van der Waals surface area contributed by atoms with Gasteiger partial charge in [0, 0.05) is 6.04 Å². The first-order valence-corrected chi connectivity index (χ1v) is 7.01. The van der Waals surface area contributed by atoms with Gasteiger partial charge in [-0.25, -0.2) is 4.39 Å². The van der Waals surface area contributed by atoms with Crippen molar-refractivity contribution in [3.63, 3.8) is 0 Å². The topological polar surface area (TPSA) is 21.3 Å². The van der Waals surface area contributed by atoms with E-state index in [0.717, 1.165) is 18.6 Å². The highest BCUT2D eigenvalue weighted by atomic mass is 19.1. The summed E-state index contributed by atoms with van der Waals surface area (Å²) in [6, 6.07) is 5.35. The molecule has 1 fully saturated rings. The Balaban J connectivity index is 2.12. The Morgan fingerprint density at radius 2 is 2.11 bits per heavy atom. The van der Waals surface area contributed by atoms with Crippen LogP contribution in [-0.4, -0.2) is 19.2 Å². The van der Waals surface area contributed by atoms with Gasteiger partial charge in [-0.05, 0) is 62.4 Å². The van der Waals surface area contributed by atoms with Crippen LogP contribution in [0, 0.1) is 18.2 Å². The molecule has 2 unspecified atom stereocenters. The van der Waals surface area contributed by atoms with E-state index in [1.54, 1.807) is 19.1 Å². The Kier molecular flexibility index (Phi) is 4.14. The summed E-state index contributed by atoms with van der Waals surface area (Å²) < 4.78 is 19.4. The second-order valence-corrected chi connectivity index (χ2v) is 6.37. The highest BCUT2D eigenvalue weighted by Crippen LogP contribution is 2.37. The van der Waals surface area contributed by atoms with E-state index in [9.17, 15) is 4.39 Å². The first kappa shape index (κ1) is 14.3. The molecule has 0 aromatic heterocycles. The molecule has 2 atom stereocenters. The number of ether oxygens (including phenoxy) is 1. The Morgan fingerprint density at radius 1 is 1.37 bits per heavy atom. The zero-order chi connectivity index (χ0) is 14.0. The molecule has 1 aliphatic carbocycles. The van der Waals surface area contributed by atoms with E-state index in [1.807, 2.05) is 7.05 Å². The largest absolute Gasteiger partial charge is 0.489 e. The van der Waals surface area contributed by atoms with Crippen molar-refractivity contribution in [2.75, 3.05) is 7.05 Å². The molecule has 1 aromatic rings. The van der Waals surface area contributed by atoms with Crippen LogP contribution in [0.2, 0.25) is 0 Å². The van der Waals surface area contributed by atoms with Crippen molar-refractivity contribution in [1.29, 1.82) is 0 Å². The second kappa shape index (κ2) is 5.49. The number of hydrogen-bond donors (Lipinski definition) is 1. The Morgan fingerprint density at radius 3 is 2.74 bits per heavy atom. The van der Waals surface area contributed by atoms with Crippen LogP contribution >= 0.6 is 0 Å². The maximum Gasteiger partial charge on any atom is 0.126 e. The molecule has 2 nitrogen and oxygen atoms in total. The lowest BCUT2D eigenvalue weighted by atomic mass is 9.74. The van der Waals surface area contributed by atoms with Gasteiger partial charge >= 0.3 is 0 Å². The molecule has 106 valence electrons. The summed E-state index contributed by atoms with van der Waals surface area (Å²) in [7, 11) is 1.98. The molecule has 0 radical (unpaired) electrons. The summed E-state index contributed by atoms with van der Waals surface area (Å²) in [6.45, 7) is 6.33. The lowest BCUT2D eigenvalue weighted by Crippen LogP contribution is -2.47. The van der Waals surface area contributed by atoms with Crippen molar-refractivity contribution in [3.05, 3.63) is 29.6 Å². The molecule has 1 aliphatic rings. The van der Waals surface area contributed by atoms with Gasteiger partial charge in [0.05, 0.1) is 0 Å². The molecule has 0 aliphatic heterocycles. The molecule has 0 spiro atoms. The van der Waals surface area contributed by atoms with Crippen molar-refractivity contribution in [2.45, 2.75) is 52.2 Å². The lowest BCUT2D eigenvalue weighted by Gasteiger charge is -2.40. The van der Waals surface area contributed by atoms with Crippen LogP contribution in [0.4, 0.5) is 4.39 Å². The van der Waals surface area contributed by atoms with Crippen LogP contribution in [0.3, 0.4) is 0 Å². The van der Waals surface area contributed by atoms with Gasteiger partial charge in [-0.1, -0.05) is 13.8 Å². The van der Waals surface area contributed by atoms with Gasteiger partial charge in [0.2, 0.25) is 0 Å². The molecular formula is C16H24FNO. The number of hydrogen-bond acceptors (Lipinski definition) is 2. The number of halogens is 1. The van der Waals surface area contributed by atoms with Crippen LogP contribution in [0.25, 0.3) is 0 Å². The first-order chi connectivity index (χ1) is 8.91. The van der Waals surface area contributed by atoms with Gasteiger partial charge in [-0.2, -0.15) is 0 Å². The number of aryl methyl sites for hydroxylation is 1. The molecular weight excluding hydrogens is 241 g/mol. The molecule has 1 N–H and O–H groups in total. The van der Waals surface area contributed by atoms with Crippen molar-refractivity contribution in [2.24, 2.45) is 5.41 Å². The van der Waals surface area contributed by atoms with Crippen LogP contribution < -0.4 is 10.1 Å². The van der Waals surface area contributed by atoms with E-state index in [-0.39, 0.29) is 11.9 Å². The first-order valence-electron chi connectivity index (χ1n) is 7.01. The SMILES string of the molecule is CNC1CCC(C)(C)CC1Oc1ccc(F)c(C)c1. The summed E-state index contributed by atoms with van der Waals surface area (Å²) in [5, 5.41) is 3.34. The summed E-state index contributed by atoms with van der Waals surface area (Å²) in [5.41, 5.74) is 0.946. The van der Waals surface area contributed by atoms with E-state index in [1.165, 1.54) is 12.5 Å². The Bertz CT molecular complexity index is 444. The predicted molar refractivity (Wildman–Crippen MR) is 76.0 cm³/mol. The van der Waals surface area contributed by atoms with Crippen molar-refractivity contribution in [3.8, 4) is 5.75 Å². The second-order valence-electron chi connectivity index (χ2n) is 6.37. The van der Waals surface area contributed by atoms with Gasteiger partial charge in [0.15, 0.2) is 0 Å². The third kappa shape index (κ3) is 3.47. The Hall–Kier alpha value is -1.09. The molecule has 1 aromatic carbocycles. The maximum atomic E-state index is 13.3. The quantitative estimate of drug-likeness (QED) is 0.900. The number of benzene rings is 1. The van der Waals surface area contributed by atoms with E-state index in [2.05, 4.69) is 19.2 Å². The minimum atomic E-state index is -0.179. The average molecular weight is 265 g/mol. The average Bonchev–Trinajstić information content (AvgIpc) is 2.33. The van der Waals surface area contributed by atoms with E-state index in [0.29, 0.717) is 17.0 Å². The minimum Gasteiger partial charge on any atom is -0.489 e. The number of nitrogens with one attached hydrogen (secondary N) is 1. The summed E-state index contributed by atoms with van der Waals surface area (Å²) >= 11 is 0. The fraction of sp³-hybridized carbons (Fsp3) is 0.625. The van der Waals surface area contributed by atoms with Gasteiger partial charge < -0.3 is 10.1 Å². The third-order valence-corrected chi connectivity index (χ3v) is 4.12. The summed E-state index contributed by atoms with van der Waals surface area (Å²) in [4.78, 5) is 0. The fourth-order valence-electron chi connectivity index (χ4n) is 2.84. The fourth-order valence-corrected chi connectivity index (χ4v) is 2.84. The maximum absolute atomic E-state index is 13.3. The summed E-state index contributed by atoms with van der Waals surface area (Å²) in [6.07, 6.45) is 3.50. The Labute approximate surface area is 115 Å². The zero-order valence-electron chi connectivity index (χ0n) is 12.3. The molecule has 0 saturated heterocycles. The minimum absolute atomic E-state index is 0.151. The molecule has 3 heteroatoms. The monoisotopic (exact) mass is 265 g/mol. The highest BCUT2D eigenvalue weighted by molar-refractivity contribution is 5.29. The molecule has 0 heterocycles. The van der Waals surface area contributed by atoms with Crippen molar-refractivity contribution in [1.82, 2.24) is 5.32 Å². The third-order valence-electron chi connectivity index (χ3n) is 4.12. The standard InChI is InChI=1S/C16H24FNO/c1-11-9-12(5-6-13(11)17)19-15-10-16(2,3)8-7-14(15)18-4/h5-6,9,14-15,18H,7-8,10H2,1-4H3. The summed E-state index contributed by atoms with van der Waals surface area (Å²) in [5.74, 6) is 0.586. The lowest BCUT2D eigenvalue weighted by molar-refractivity contribution is 0.0558. The van der Waals surface area contributed by atoms with Gasteiger partial charge in [0.1, 0.15) is 17.7 Å². The highest BCUT2D eigenvalue weighted by Gasteiger charge is 2.35. The molecule has 19 heavy (non-hydrogen) atoms. The smallest absolute Gasteiger partial charge is 0.126 e. The van der Waals surface area contributed by atoms with Gasteiger partial charge in [-0.15, -0.1) is 0 Å². The molecule has 0 bridgehead atoms. The van der Waals surface area contributed by atoms with Crippen LogP contribution in [0.5, 0.6) is 5.75 Å². The van der Waals surface area contributed by atoms with E-state index < -0.39 is 0 Å². The van der Waals surface area contributed by atoms with Gasteiger partial charge in [0.25, 0.3) is 0 Å². The molecule has 0 amide bonds. The van der Waals surface area contributed by atoms with Gasteiger partial charge in [-0.3, -0.25) is 0 Å². The van der Waals surface area contributed by atoms with E-state index in [4.69, 9.17) is 4.74 Å². The van der Waals surface area contributed by atoms with Crippen LogP contribution in [0.1, 0.15) is 38.7 Å². The molecule has 2 rings (SSSR count). The predicted octanol–water partition coefficient (Wildman–Crippen LogP) is 3.68. The van der Waals surface area contributed by atoms with Crippen LogP contribution in [-0.2, 0) is 0 Å². The normalized spacial score (nSPS) is 26.2. The number of rotatable bonds is 3. The van der Waals surface area contributed by atoms with Crippen molar-refractivity contribution < 1.29 is 9.13 Å². The molecule has 1 saturated carbocycles. The van der Waals surface area contributed by atoms with Crippen molar-refractivity contribution >= 4 is 0 Å². The number of likely N-dealkylation sites (N-methyl/N-ethyl adjacent to an activating group) is 1. The van der Waals surface area contributed by atoms with E-state index >= 15 is 0 Å². The van der Waals surface area contributed by atoms with Crippen LogP contribution in [0.15, 0.2) is 18.2 Å².